The third-order valence-corrected chi connectivity index (χ3v) is 8.27. The smallest absolute Gasteiger partial charge is 0.243 e. The first kappa shape index (κ1) is 25.4. The zero-order valence-corrected chi connectivity index (χ0v) is 21.1. The lowest BCUT2D eigenvalue weighted by Gasteiger charge is -2.37. The molecular weight excluding hydrogens is 512 g/mol. The molecule has 6 nitrogen and oxygen atoms in total. The summed E-state index contributed by atoms with van der Waals surface area (Å²) in [4.78, 5) is 16.8. The molecule has 0 N–H and O–H groups in total. The van der Waals surface area contributed by atoms with Gasteiger partial charge in [0, 0.05) is 42.8 Å². The molecule has 0 aromatic heterocycles. The first-order valence-electron chi connectivity index (χ1n) is 11.0. The second-order valence-corrected chi connectivity index (χ2v) is 10.9. The molecule has 10 heteroatoms. The fourth-order valence-corrected chi connectivity index (χ4v) is 5.82. The van der Waals surface area contributed by atoms with Crippen LogP contribution < -0.4 is 4.90 Å². The number of halogens is 3. The maximum absolute atomic E-state index is 14.1. The van der Waals surface area contributed by atoms with E-state index in [1.165, 1.54) is 24.3 Å². The average Bonchev–Trinajstić information content (AvgIpc) is 2.86. The van der Waals surface area contributed by atoms with Crippen molar-refractivity contribution in [1.82, 2.24) is 9.21 Å². The van der Waals surface area contributed by atoms with Crippen molar-refractivity contribution in [2.24, 2.45) is 0 Å². The molecule has 0 atom stereocenters. The number of piperazine rings is 1. The Morgan fingerprint density at radius 2 is 1.57 bits per heavy atom. The van der Waals surface area contributed by atoms with Crippen LogP contribution in [0.4, 0.5) is 10.1 Å². The molecule has 3 aromatic carbocycles. The molecule has 35 heavy (non-hydrogen) atoms. The summed E-state index contributed by atoms with van der Waals surface area (Å²) in [6.45, 7) is 1.16. The number of nitrogens with zero attached hydrogens (tertiary/aromatic N) is 3. The van der Waals surface area contributed by atoms with Crippen molar-refractivity contribution < 1.29 is 17.6 Å². The normalized spacial score (nSPS) is 14.4. The van der Waals surface area contributed by atoms with Gasteiger partial charge in [-0.05, 0) is 42.0 Å². The van der Waals surface area contributed by atoms with Gasteiger partial charge in [0.1, 0.15) is 5.82 Å². The van der Waals surface area contributed by atoms with E-state index in [1.807, 2.05) is 4.90 Å². The summed E-state index contributed by atoms with van der Waals surface area (Å²) in [6.07, 6.45) is 0. The summed E-state index contributed by atoms with van der Waals surface area (Å²) in [7, 11) is -3.99. The Morgan fingerprint density at radius 3 is 2.23 bits per heavy atom. The molecule has 1 saturated heterocycles. The lowest BCUT2D eigenvalue weighted by atomic mass is 10.2. The topological polar surface area (TPSA) is 60.9 Å². The van der Waals surface area contributed by atoms with Crippen LogP contribution in [0.15, 0.2) is 77.7 Å². The Morgan fingerprint density at radius 1 is 0.914 bits per heavy atom. The Balaban J connectivity index is 1.52. The molecular formula is C25H24Cl2FN3O3S. The first-order chi connectivity index (χ1) is 16.8. The molecule has 0 spiro atoms. The van der Waals surface area contributed by atoms with E-state index in [0.717, 1.165) is 4.31 Å². The summed E-state index contributed by atoms with van der Waals surface area (Å²) in [5, 5.41) is 0.747. The molecule has 1 aliphatic heterocycles. The van der Waals surface area contributed by atoms with E-state index in [4.69, 9.17) is 23.2 Å². The van der Waals surface area contributed by atoms with Crippen LogP contribution in [-0.2, 0) is 21.4 Å². The van der Waals surface area contributed by atoms with E-state index in [2.05, 4.69) is 0 Å². The number of hydrogen-bond donors (Lipinski definition) is 0. The van der Waals surface area contributed by atoms with Gasteiger partial charge in [-0.3, -0.25) is 4.79 Å². The minimum atomic E-state index is -3.99. The molecule has 0 aliphatic carbocycles. The van der Waals surface area contributed by atoms with E-state index in [1.54, 1.807) is 53.4 Å². The number of sulfonamides is 1. The molecule has 1 heterocycles. The third kappa shape index (κ3) is 5.95. The van der Waals surface area contributed by atoms with Gasteiger partial charge in [0.15, 0.2) is 0 Å². The Labute approximate surface area is 214 Å². The average molecular weight is 536 g/mol. The Bertz CT molecular complexity index is 1300. The number of carbonyl (C=O) groups is 1. The molecule has 0 radical (unpaired) electrons. The monoisotopic (exact) mass is 535 g/mol. The highest BCUT2D eigenvalue weighted by atomic mass is 35.5. The molecule has 1 aliphatic rings. The van der Waals surface area contributed by atoms with Gasteiger partial charge in [0.05, 0.1) is 17.1 Å². The minimum Gasteiger partial charge on any atom is -0.366 e. The molecule has 184 valence electrons. The van der Waals surface area contributed by atoms with Crippen molar-refractivity contribution in [3.63, 3.8) is 0 Å². The number of rotatable bonds is 7. The van der Waals surface area contributed by atoms with Gasteiger partial charge in [-0.15, -0.1) is 0 Å². The Kier molecular flexibility index (Phi) is 7.96. The molecule has 1 amide bonds. The third-order valence-electron chi connectivity index (χ3n) is 5.88. The fraction of sp³-hybridized carbons (Fsp3) is 0.240. The van der Waals surface area contributed by atoms with Crippen molar-refractivity contribution in [2.45, 2.75) is 11.4 Å². The SMILES string of the molecule is O=C(CN(Cc1ccc(Cl)cc1Cl)S(=O)(=O)c1ccccc1)N1CCN(c2ccccc2F)CC1. The minimum absolute atomic E-state index is 0.0854. The predicted octanol–water partition coefficient (Wildman–Crippen LogP) is 4.67. The number of para-hydroxylation sites is 1. The zero-order chi connectivity index (χ0) is 25.0. The molecule has 4 rings (SSSR count). The van der Waals surface area contributed by atoms with Crippen LogP contribution in [0.2, 0.25) is 10.0 Å². The standard InChI is InChI=1S/C25H24Cl2FN3O3S/c26-20-11-10-19(22(27)16-20)17-31(35(33,34)21-6-2-1-3-7-21)18-25(32)30-14-12-29(13-15-30)24-9-5-4-8-23(24)28/h1-11,16H,12-15,17-18H2. The summed E-state index contributed by atoms with van der Waals surface area (Å²) >= 11 is 12.3. The highest BCUT2D eigenvalue weighted by Crippen LogP contribution is 2.26. The quantitative estimate of drug-likeness (QED) is 0.441. The summed E-state index contributed by atoms with van der Waals surface area (Å²) in [5.41, 5.74) is 1.03. The van der Waals surface area contributed by atoms with Crippen LogP contribution in [0.1, 0.15) is 5.56 Å². The number of amides is 1. The van der Waals surface area contributed by atoms with Crippen LogP contribution in [0.25, 0.3) is 0 Å². The largest absolute Gasteiger partial charge is 0.366 e. The lowest BCUT2D eigenvalue weighted by Crippen LogP contribution is -2.52. The van der Waals surface area contributed by atoms with Gasteiger partial charge >= 0.3 is 0 Å². The summed E-state index contributed by atoms with van der Waals surface area (Å²) in [6, 6.07) is 19.3. The lowest BCUT2D eigenvalue weighted by molar-refractivity contribution is -0.131. The van der Waals surface area contributed by atoms with Gasteiger partial charge in [0.25, 0.3) is 0 Å². The van der Waals surface area contributed by atoms with Crippen LogP contribution in [0.3, 0.4) is 0 Å². The first-order valence-corrected chi connectivity index (χ1v) is 13.2. The van der Waals surface area contributed by atoms with Crippen LogP contribution in [0.5, 0.6) is 0 Å². The molecule has 3 aromatic rings. The number of carbonyl (C=O) groups excluding carboxylic acids is 1. The van der Waals surface area contributed by atoms with Gasteiger partial charge in [0.2, 0.25) is 15.9 Å². The van der Waals surface area contributed by atoms with Crippen LogP contribution in [0, 0.1) is 5.82 Å². The van der Waals surface area contributed by atoms with Crippen molar-refractivity contribution in [1.29, 1.82) is 0 Å². The van der Waals surface area contributed by atoms with Crippen molar-refractivity contribution >= 4 is 44.8 Å². The van der Waals surface area contributed by atoms with E-state index >= 15 is 0 Å². The maximum atomic E-state index is 14.1. The number of hydrogen-bond acceptors (Lipinski definition) is 4. The van der Waals surface area contributed by atoms with E-state index in [-0.39, 0.29) is 29.7 Å². The second-order valence-electron chi connectivity index (χ2n) is 8.14. The molecule has 0 bridgehead atoms. The van der Waals surface area contributed by atoms with Crippen molar-refractivity contribution in [2.75, 3.05) is 37.6 Å². The highest BCUT2D eigenvalue weighted by molar-refractivity contribution is 7.89. The Hall–Kier alpha value is -2.65. The van der Waals surface area contributed by atoms with Crippen LogP contribution >= 0.6 is 23.2 Å². The van der Waals surface area contributed by atoms with Gasteiger partial charge < -0.3 is 9.80 Å². The van der Waals surface area contributed by atoms with E-state index in [0.29, 0.717) is 47.5 Å². The van der Waals surface area contributed by atoms with Crippen molar-refractivity contribution in [3.8, 4) is 0 Å². The van der Waals surface area contributed by atoms with Crippen molar-refractivity contribution in [3.05, 3.63) is 94.2 Å². The van der Waals surface area contributed by atoms with Gasteiger partial charge in [-0.1, -0.05) is 59.6 Å². The molecule has 0 saturated carbocycles. The van der Waals surface area contributed by atoms with E-state index < -0.39 is 10.0 Å². The molecule has 1 fully saturated rings. The highest BCUT2D eigenvalue weighted by Gasteiger charge is 2.30. The maximum Gasteiger partial charge on any atom is 0.243 e. The second kappa shape index (κ2) is 11.0. The molecule has 0 unspecified atom stereocenters. The summed E-state index contributed by atoms with van der Waals surface area (Å²) in [5.74, 6) is -0.643. The van der Waals surface area contributed by atoms with E-state index in [9.17, 15) is 17.6 Å². The summed E-state index contributed by atoms with van der Waals surface area (Å²) < 4.78 is 42.2. The van der Waals surface area contributed by atoms with Gasteiger partial charge in [-0.25, -0.2) is 12.8 Å². The number of anilines is 1. The zero-order valence-electron chi connectivity index (χ0n) is 18.8. The predicted molar refractivity (Wildman–Crippen MR) is 136 cm³/mol. The number of benzene rings is 3. The van der Waals surface area contributed by atoms with Crippen LogP contribution in [-0.4, -0.2) is 56.3 Å². The fourth-order valence-electron chi connectivity index (χ4n) is 3.96. The van der Waals surface area contributed by atoms with Gasteiger partial charge in [-0.2, -0.15) is 4.31 Å².